The zero-order valence-electron chi connectivity index (χ0n) is 12.9. The summed E-state index contributed by atoms with van der Waals surface area (Å²) in [6.07, 6.45) is 8.28. The molecule has 3 aromatic heterocycles. The summed E-state index contributed by atoms with van der Waals surface area (Å²) in [5.74, 6) is 1.73. The highest BCUT2D eigenvalue weighted by Crippen LogP contribution is 2.12. The summed E-state index contributed by atoms with van der Waals surface area (Å²) in [7, 11) is 0. The van der Waals surface area contributed by atoms with Gasteiger partial charge in [-0.05, 0) is 24.1 Å². The van der Waals surface area contributed by atoms with Crippen LogP contribution in [-0.2, 0) is 6.42 Å². The van der Waals surface area contributed by atoms with E-state index in [9.17, 15) is 0 Å². The lowest BCUT2D eigenvalue weighted by Crippen LogP contribution is -2.47. The van der Waals surface area contributed by atoms with Gasteiger partial charge in [0, 0.05) is 51.3 Å². The van der Waals surface area contributed by atoms with E-state index in [1.807, 2.05) is 30.7 Å². The Morgan fingerprint density at radius 2 is 1.91 bits per heavy atom. The molecule has 23 heavy (non-hydrogen) atoms. The molecule has 0 bridgehead atoms. The van der Waals surface area contributed by atoms with Gasteiger partial charge in [-0.15, -0.1) is 0 Å². The Morgan fingerprint density at radius 3 is 2.74 bits per heavy atom. The molecule has 0 N–H and O–H groups in total. The summed E-state index contributed by atoms with van der Waals surface area (Å²) in [5.41, 5.74) is 1.19. The Morgan fingerprint density at radius 1 is 1.00 bits per heavy atom. The number of piperazine rings is 1. The van der Waals surface area contributed by atoms with E-state index in [2.05, 4.69) is 35.9 Å². The van der Waals surface area contributed by atoms with Crippen molar-refractivity contribution in [2.45, 2.75) is 6.42 Å². The smallest absolute Gasteiger partial charge is 0.252 e. The lowest BCUT2D eigenvalue weighted by Gasteiger charge is -2.35. The molecule has 0 radical (unpaired) electrons. The normalized spacial score (nSPS) is 16.1. The van der Waals surface area contributed by atoms with E-state index in [1.54, 1.807) is 4.52 Å². The van der Waals surface area contributed by atoms with Gasteiger partial charge < -0.3 is 4.90 Å². The first-order valence-corrected chi connectivity index (χ1v) is 7.91. The summed E-state index contributed by atoms with van der Waals surface area (Å²) in [6, 6.07) is 6.08. The van der Waals surface area contributed by atoms with Crippen molar-refractivity contribution in [2.24, 2.45) is 0 Å². The fourth-order valence-corrected chi connectivity index (χ4v) is 2.92. The van der Waals surface area contributed by atoms with Gasteiger partial charge in [-0.3, -0.25) is 4.90 Å². The summed E-state index contributed by atoms with van der Waals surface area (Å²) in [4.78, 5) is 17.6. The highest BCUT2D eigenvalue weighted by Gasteiger charge is 2.17. The fourth-order valence-electron chi connectivity index (χ4n) is 2.92. The minimum Gasteiger partial charge on any atom is -0.354 e. The van der Waals surface area contributed by atoms with Crippen molar-refractivity contribution in [3.63, 3.8) is 0 Å². The molecule has 1 aliphatic heterocycles. The van der Waals surface area contributed by atoms with Gasteiger partial charge in [0.25, 0.3) is 5.78 Å². The van der Waals surface area contributed by atoms with Crippen molar-refractivity contribution in [3.8, 4) is 0 Å². The van der Waals surface area contributed by atoms with Crippen molar-refractivity contribution in [1.82, 2.24) is 29.5 Å². The number of hydrogen-bond donors (Lipinski definition) is 0. The molecule has 4 heterocycles. The standard InChI is InChI=1S/C16H19N7/c1-2-5-17-15(3-1)22-9-7-21(8-10-22)6-4-14-11-18-16-19-13-20-23(16)12-14/h1-3,5,11-13H,4,6-10H2. The maximum Gasteiger partial charge on any atom is 0.252 e. The molecule has 0 unspecified atom stereocenters. The van der Waals surface area contributed by atoms with Crippen LogP contribution in [0.25, 0.3) is 5.78 Å². The first-order chi connectivity index (χ1) is 11.4. The minimum atomic E-state index is 0.651. The molecule has 3 aromatic rings. The Bertz CT molecular complexity index is 762. The van der Waals surface area contributed by atoms with Gasteiger partial charge in [-0.25, -0.2) is 14.5 Å². The van der Waals surface area contributed by atoms with Crippen molar-refractivity contribution >= 4 is 11.6 Å². The zero-order chi connectivity index (χ0) is 15.5. The summed E-state index contributed by atoms with van der Waals surface area (Å²) < 4.78 is 1.73. The van der Waals surface area contributed by atoms with E-state index in [4.69, 9.17) is 0 Å². The van der Waals surface area contributed by atoms with Crippen LogP contribution in [0.5, 0.6) is 0 Å². The van der Waals surface area contributed by atoms with E-state index < -0.39 is 0 Å². The lowest BCUT2D eigenvalue weighted by atomic mass is 10.2. The highest BCUT2D eigenvalue weighted by molar-refractivity contribution is 5.38. The number of fused-ring (bicyclic) bond motifs is 1. The van der Waals surface area contributed by atoms with Crippen LogP contribution in [0.1, 0.15) is 5.56 Å². The van der Waals surface area contributed by atoms with Crippen molar-refractivity contribution < 1.29 is 0 Å². The Kier molecular flexibility index (Phi) is 3.85. The van der Waals surface area contributed by atoms with Crippen molar-refractivity contribution in [2.75, 3.05) is 37.6 Å². The van der Waals surface area contributed by atoms with Crippen LogP contribution in [0.3, 0.4) is 0 Å². The second kappa shape index (κ2) is 6.29. The van der Waals surface area contributed by atoms with Crippen LogP contribution in [0.15, 0.2) is 43.1 Å². The van der Waals surface area contributed by atoms with Crippen LogP contribution in [0.4, 0.5) is 5.82 Å². The molecule has 0 saturated carbocycles. The second-order valence-electron chi connectivity index (χ2n) is 5.73. The number of nitrogens with zero attached hydrogens (tertiary/aromatic N) is 7. The molecule has 4 rings (SSSR count). The summed E-state index contributed by atoms with van der Waals surface area (Å²) >= 11 is 0. The SMILES string of the molecule is c1ccc(N2CCN(CCc3cnc4ncnn4c3)CC2)nc1. The van der Waals surface area contributed by atoms with E-state index in [-0.39, 0.29) is 0 Å². The van der Waals surface area contributed by atoms with E-state index in [0.29, 0.717) is 5.78 Å². The average molecular weight is 309 g/mol. The summed E-state index contributed by atoms with van der Waals surface area (Å²) in [6.45, 7) is 5.22. The van der Waals surface area contributed by atoms with Crippen LogP contribution >= 0.6 is 0 Å². The molecule has 0 amide bonds. The van der Waals surface area contributed by atoms with Crippen LogP contribution in [-0.4, -0.2) is 62.2 Å². The van der Waals surface area contributed by atoms with Gasteiger partial charge in [0.2, 0.25) is 0 Å². The van der Waals surface area contributed by atoms with Gasteiger partial charge >= 0.3 is 0 Å². The monoisotopic (exact) mass is 309 g/mol. The van der Waals surface area contributed by atoms with Gasteiger partial charge in [0.1, 0.15) is 12.1 Å². The molecular weight excluding hydrogens is 290 g/mol. The van der Waals surface area contributed by atoms with E-state index in [1.165, 1.54) is 11.9 Å². The molecule has 118 valence electrons. The Balaban J connectivity index is 1.31. The van der Waals surface area contributed by atoms with Gasteiger partial charge in [-0.2, -0.15) is 10.1 Å². The molecule has 1 fully saturated rings. The van der Waals surface area contributed by atoms with Gasteiger partial charge in [0.05, 0.1) is 0 Å². The maximum atomic E-state index is 4.43. The first-order valence-electron chi connectivity index (χ1n) is 7.91. The predicted molar refractivity (Wildman–Crippen MR) is 87.4 cm³/mol. The van der Waals surface area contributed by atoms with Crippen molar-refractivity contribution in [1.29, 1.82) is 0 Å². The van der Waals surface area contributed by atoms with E-state index in [0.717, 1.165) is 45.0 Å². The lowest BCUT2D eigenvalue weighted by molar-refractivity contribution is 0.260. The van der Waals surface area contributed by atoms with Gasteiger partial charge in [-0.1, -0.05) is 6.07 Å². The molecule has 0 aromatic carbocycles. The molecule has 0 aliphatic carbocycles. The maximum absolute atomic E-state index is 4.43. The van der Waals surface area contributed by atoms with E-state index >= 15 is 0 Å². The fraction of sp³-hybridized carbons (Fsp3) is 0.375. The number of hydrogen-bond acceptors (Lipinski definition) is 6. The molecule has 0 spiro atoms. The molecule has 1 aliphatic rings. The third kappa shape index (κ3) is 3.14. The van der Waals surface area contributed by atoms with Crippen molar-refractivity contribution in [3.05, 3.63) is 48.7 Å². The number of aromatic nitrogens is 5. The minimum absolute atomic E-state index is 0.651. The quantitative estimate of drug-likeness (QED) is 0.713. The molecule has 7 nitrogen and oxygen atoms in total. The second-order valence-corrected chi connectivity index (χ2v) is 5.73. The zero-order valence-corrected chi connectivity index (χ0v) is 12.9. The molecule has 7 heteroatoms. The average Bonchev–Trinajstić information content (AvgIpc) is 3.09. The Labute approximate surface area is 134 Å². The topological polar surface area (TPSA) is 62.5 Å². The van der Waals surface area contributed by atoms with Crippen LogP contribution < -0.4 is 4.90 Å². The third-order valence-electron chi connectivity index (χ3n) is 4.25. The number of anilines is 1. The first kappa shape index (κ1) is 14.1. The van der Waals surface area contributed by atoms with Crippen LogP contribution in [0.2, 0.25) is 0 Å². The largest absolute Gasteiger partial charge is 0.354 e. The Hall–Kier alpha value is -2.54. The van der Waals surface area contributed by atoms with Crippen LogP contribution in [0, 0.1) is 0 Å². The summed E-state index contributed by atoms with van der Waals surface area (Å²) in [5, 5.41) is 4.13. The molecular formula is C16H19N7. The number of pyridine rings is 1. The number of rotatable bonds is 4. The predicted octanol–water partition coefficient (Wildman–Crippen LogP) is 0.884. The molecule has 1 saturated heterocycles. The highest BCUT2D eigenvalue weighted by atomic mass is 15.3. The third-order valence-corrected chi connectivity index (χ3v) is 4.25. The van der Waals surface area contributed by atoms with Gasteiger partial charge in [0.15, 0.2) is 0 Å². The molecule has 0 atom stereocenters.